The molecule has 1 N–H and O–H groups in total. The van der Waals surface area contributed by atoms with Gasteiger partial charge in [0.2, 0.25) is 0 Å². The molecule has 1 unspecified atom stereocenters. The van der Waals surface area contributed by atoms with Crippen LogP contribution in [0.2, 0.25) is 0 Å². The number of nitrogens with zero attached hydrogens (tertiary/aromatic N) is 2. The molecule has 5 rings (SSSR count). The van der Waals surface area contributed by atoms with Crippen LogP contribution in [0.15, 0.2) is 29.8 Å². The van der Waals surface area contributed by atoms with Gasteiger partial charge in [-0.25, -0.2) is 0 Å². The molecular formula is C21H26N2O3. The Kier molecular flexibility index (Phi) is 3.27. The summed E-state index contributed by atoms with van der Waals surface area (Å²) >= 11 is 0. The molecule has 3 bridgehead atoms. The number of phenols is 1. The molecule has 1 aromatic carbocycles. The number of phenolic OH excluding ortho intramolecular Hbond substituents is 1. The summed E-state index contributed by atoms with van der Waals surface area (Å²) in [7, 11) is 3.65. The molecule has 3 fully saturated rings. The maximum absolute atomic E-state index is 13.1. The third kappa shape index (κ3) is 1.72. The van der Waals surface area contributed by atoms with Gasteiger partial charge in [-0.05, 0) is 56.0 Å². The number of aromatic hydroxyl groups is 1. The molecule has 0 radical (unpaired) electrons. The van der Waals surface area contributed by atoms with Gasteiger partial charge in [-0.2, -0.15) is 0 Å². The van der Waals surface area contributed by atoms with Gasteiger partial charge < -0.3 is 14.7 Å². The molecule has 4 aliphatic rings. The molecule has 1 aliphatic carbocycles. The number of allylic oxidation sites excluding steroid dienone is 1. The Morgan fingerprint density at radius 3 is 2.96 bits per heavy atom. The van der Waals surface area contributed by atoms with Crippen LogP contribution in [0.3, 0.4) is 0 Å². The lowest BCUT2D eigenvalue weighted by Gasteiger charge is -2.63. The van der Waals surface area contributed by atoms with Gasteiger partial charge in [-0.3, -0.25) is 9.69 Å². The van der Waals surface area contributed by atoms with E-state index < -0.39 is 0 Å². The third-order valence-electron chi connectivity index (χ3n) is 7.59. The monoisotopic (exact) mass is 354 g/mol. The molecular weight excluding hydrogens is 328 g/mol. The molecule has 5 atom stereocenters. The van der Waals surface area contributed by atoms with E-state index in [1.165, 1.54) is 12.7 Å². The predicted octanol–water partition coefficient (Wildman–Crippen LogP) is 2.29. The average Bonchev–Trinajstić information content (AvgIpc) is 2.90. The van der Waals surface area contributed by atoms with Gasteiger partial charge in [-0.1, -0.05) is 11.6 Å². The molecule has 3 heterocycles. The molecule has 1 saturated carbocycles. The van der Waals surface area contributed by atoms with Crippen LogP contribution in [-0.2, 0) is 14.9 Å². The fourth-order valence-corrected chi connectivity index (χ4v) is 6.70. The number of carbonyl (C=O) groups excluding carboxylic acids is 1. The third-order valence-corrected chi connectivity index (χ3v) is 7.59. The van der Waals surface area contributed by atoms with Crippen molar-refractivity contribution in [3.05, 3.63) is 35.4 Å². The Morgan fingerprint density at radius 2 is 2.23 bits per heavy atom. The number of hydrogen-bond donors (Lipinski definition) is 1. The van der Waals surface area contributed by atoms with E-state index in [1.54, 1.807) is 6.07 Å². The number of fused-ring (bicyclic) bond motifs is 2. The molecule has 1 aromatic rings. The zero-order chi connectivity index (χ0) is 18.2. The second-order valence-corrected chi connectivity index (χ2v) is 8.29. The van der Waals surface area contributed by atoms with Crippen LogP contribution in [0.4, 0.5) is 5.69 Å². The molecule has 5 heteroatoms. The fraction of sp³-hybridized carbons (Fsp3) is 0.571. The minimum atomic E-state index is -0.283. The van der Waals surface area contributed by atoms with E-state index in [4.69, 9.17) is 4.74 Å². The van der Waals surface area contributed by atoms with Gasteiger partial charge in [0, 0.05) is 30.7 Å². The first kappa shape index (κ1) is 16.2. The minimum absolute atomic E-state index is 0.0993. The van der Waals surface area contributed by atoms with Crippen molar-refractivity contribution in [1.29, 1.82) is 0 Å². The van der Waals surface area contributed by atoms with Crippen LogP contribution in [0.5, 0.6) is 5.75 Å². The standard InChI is InChI=1S/C21H26N2O3/c1-4-12-11-23-8-7-21-15-9-13(24)5-6-16(15)22(2)19(21)17(23)10-14(12)18(21)20(25)26-3/h4-6,9,14,17-19,24H,7-8,10-11H2,1-3H3/b12-4-/t14-,17-,18?,19-,21-/m0/s1. The quantitative estimate of drug-likeness (QED) is 0.619. The van der Waals surface area contributed by atoms with Crippen LogP contribution in [0.25, 0.3) is 0 Å². The first-order chi connectivity index (χ1) is 12.5. The first-order valence-corrected chi connectivity index (χ1v) is 9.56. The van der Waals surface area contributed by atoms with Gasteiger partial charge in [0.05, 0.1) is 19.1 Å². The van der Waals surface area contributed by atoms with Crippen LogP contribution in [-0.4, -0.2) is 55.3 Å². The van der Waals surface area contributed by atoms with Crippen molar-refractivity contribution in [2.45, 2.75) is 37.3 Å². The maximum Gasteiger partial charge on any atom is 0.310 e. The molecule has 3 aliphatic heterocycles. The summed E-state index contributed by atoms with van der Waals surface area (Å²) in [4.78, 5) is 18.1. The molecule has 0 aromatic heterocycles. The Morgan fingerprint density at radius 1 is 1.42 bits per heavy atom. The van der Waals surface area contributed by atoms with Crippen LogP contribution in [0.1, 0.15) is 25.3 Å². The van der Waals surface area contributed by atoms with Gasteiger partial charge in [0.1, 0.15) is 5.75 Å². The van der Waals surface area contributed by atoms with Gasteiger partial charge >= 0.3 is 5.97 Å². The van der Waals surface area contributed by atoms with E-state index in [0.717, 1.165) is 37.2 Å². The number of rotatable bonds is 1. The van der Waals surface area contributed by atoms with E-state index >= 15 is 0 Å². The zero-order valence-corrected chi connectivity index (χ0v) is 15.6. The Labute approximate surface area is 154 Å². The lowest BCUT2D eigenvalue weighted by molar-refractivity contribution is -0.158. The summed E-state index contributed by atoms with van der Waals surface area (Å²) in [6, 6.07) is 6.36. The Hall–Kier alpha value is -2.01. The smallest absolute Gasteiger partial charge is 0.310 e. The van der Waals surface area contributed by atoms with Crippen molar-refractivity contribution in [2.24, 2.45) is 11.8 Å². The van der Waals surface area contributed by atoms with Crippen molar-refractivity contribution in [1.82, 2.24) is 4.90 Å². The minimum Gasteiger partial charge on any atom is -0.508 e. The maximum atomic E-state index is 13.1. The average molecular weight is 354 g/mol. The normalized spacial score (nSPS) is 39.0. The number of carbonyl (C=O) groups is 1. The molecule has 2 saturated heterocycles. The molecule has 5 nitrogen and oxygen atoms in total. The van der Waals surface area contributed by atoms with Crippen molar-refractivity contribution >= 4 is 11.7 Å². The summed E-state index contributed by atoms with van der Waals surface area (Å²) in [6.45, 7) is 4.03. The summed E-state index contributed by atoms with van der Waals surface area (Å²) in [6.07, 6.45) is 4.14. The summed E-state index contributed by atoms with van der Waals surface area (Å²) in [5.41, 5.74) is 3.37. The number of anilines is 1. The van der Waals surface area contributed by atoms with E-state index in [2.05, 4.69) is 29.8 Å². The highest BCUT2D eigenvalue weighted by Crippen LogP contribution is 2.63. The highest BCUT2D eigenvalue weighted by atomic mass is 16.5. The summed E-state index contributed by atoms with van der Waals surface area (Å²) in [5.74, 6) is 0.220. The van der Waals surface area contributed by atoms with E-state index in [9.17, 15) is 9.90 Å². The lowest BCUT2D eigenvalue weighted by Crippen LogP contribution is -2.72. The number of esters is 1. The number of benzene rings is 1. The number of methoxy groups -OCH3 is 1. The van der Waals surface area contributed by atoms with Gasteiger partial charge in [0.25, 0.3) is 0 Å². The van der Waals surface area contributed by atoms with Crippen molar-refractivity contribution in [2.75, 3.05) is 32.1 Å². The van der Waals surface area contributed by atoms with Crippen LogP contribution in [0, 0.1) is 11.8 Å². The Bertz CT molecular complexity index is 819. The largest absolute Gasteiger partial charge is 0.508 e. The van der Waals surface area contributed by atoms with Crippen LogP contribution < -0.4 is 4.90 Å². The van der Waals surface area contributed by atoms with E-state index in [1.807, 2.05) is 12.1 Å². The second-order valence-electron chi connectivity index (χ2n) is 8.29. The highest BCUT2D eigenvalue weighted by Gasteiger charge is 2.68. The van der Waals surface area contributed by atoms with Crippen molar-refractivity contribution in [3.8, 4) is 5.75 Å². The number of likely N-dealkylation sites (N-methyl/N-ethyl adjacent to an activating group) is 1. The number of piperidine rings is 2. The molecule has 0 spiro atoms. The molecule has 26 heavy (non-hydrogen) atoms. The number of hydrogen-bond acceptors (Lipinski definition) is 5. The van der Waals surface area contributed by atoms with E-state index in [-0.39, 0.29) is 35.0 Å². The van der Waals surface area contributed by atoms with E-state index in [0.29, 0.717) is 6.04 Å². The van der Waals surface area contributed by atoms with Gasteiger partial charge in [-0.15, -0.1) is 0 Å². The van der Waals surface area contributed by atoms with Crippen LogP contribution >= 0.6 is 0 Å². The Balaban J connectivity index is 1.79. The second kappa shape index (κ2) is 5.26. The predicted molar refractivity (Wildman–Crippen MR) is 99.3 cm³/mol. The van der Waals surface area contributed by atoms with Crippen molar-refractivity contribution < 1.29 is 14.6 Å². The SMILES string of the molecule is C/C=C1/CN2CC[C@@]34c5cc(O)ccc5N(C)[C@H]3[C@@H]2C[C@@H]1C4C(=O)OC. The topological polar surface area (TPSA) is 53.0 Å². The van der Waals surface area contributed by atoms with Gasteiger partial charge in [0.15, 0.2) is 0 Å². The highest BCUT2D eigenvalue weighted by molar-refractivity contribution is 5.80. The summed E-state index contributed by atoms with van der Waals surface area (Å²) < 4.78 is 5.35. The van der Waals surface area contributed by atoms with Crippen molar-refractivity contribution in [3.63, 3.8) is 0 Å². The zero-order valence-electron chi connectivity index (χ0n) is 15.6. The fourth-order valence-electron chi connectivity index (χ4n) is 6.70. The summed E-state index contributed by atoms with van der Waals surface area (Å²) in [5, 5.41) is 10.2. The molecule has 0 amide bonds. The lowest BCUT2D eigenvalue weighted by atomic mass is 9.50. The molecule has 138 valence electrons. The first-order valence-electron chi connectivity index (χ1n) is 9.56. The number of ether oxygens (including phenoxy) is 1.